The van der Waals surface area contributed by atoms with Gasteiger partial charge in [0, 0.05) is 23.2 Å². The Labute approximate surface area is 163 Å². The Morgan fingerprint density at radius 3 is 1.96 bits per heavy atom. The van der Waals surface area contributed by atoms with Gasteiger partial charge in [0.1, 0.15) is 5.69 Å². The van der Waals surface area contributed by atoms with Crippen LogP contribution >= 0.6 is 0 Å². The predicted octanol–water partition coefficient (Wildman–Crippen LogP) is 5.74. The third-order valence-corrected chi connectivity index (χ3v) is 5.47. The Kier molecular flexibility index (Phi) is 3.87. The second kappa shape index (κ2) is 6.54. The number of rotatable bonds is 3. The molecule has 0 spiro atoms. The van der Waals surface area contributed by atoms with Gasteiger partial charge in [-0.05, 0) is 23.1 Å². The van der Waals surface area contributed by atoms with Gasteiger partial charge in [-0.2, -0.15) is 0 Å². The molecule has 1 aliphatic rings. The topological polar surface area (TPSA) is 42.2 Å². The molecule has 0 aliphatic carbocycles. The fourth-order valence-corrected chi connectivity index (χ4v) is 4.32. The van der Waals surface area contributed by atoms with Gasteiger partial charge in [0.05, 0.1) is 5.69 Å². The average molecular weight is 365 g/mol. The first-order valence-corrected chi connectivity index (χ1v) is 9.44. The van der Waals surface area contributed by atoms with E-state index in [9.17, 15) is 9.90 Å². The van der Waals surface area contributed by atoms with E-state index in [4.69, 9.17) is 0 Å². The van der Waals surface area contributed by atoms with Crippen LogP contribution in [-0.2, 0) is 13.0 Å². The molecule has 0 saturated heterocycles. The summed E-state index contributed by atoms with van der Waals surface area (Å²) in [6.07, 6.45) is 0.834. The molecular formula is C25H19NO2. The molecule has 0 atom stereocenters. The lowest BCUT2D eigenvalue weighted by Crippen LogP contribution is -2.16. The highest BCUT2D eigenvalue weighted by molar-refractivity contribution is 6.06. The van der Waals surface area contributed by atoms with E-state index >= 15 is 0 Å². The lowest BCUT2D eigenvalue weighted by Gasteiger charge is -2.21. The summed E-state index contributed by atoms with van der Waals surface area (Å²) < 4.78 is 2.00. The molecule has 28 heavy (non-hydrogen) atoms. The summed E-state index contributed by atoms with van der Waals surface area (Å²) in [6, 6.07) is 28.3. The maximum atomic E-state index is 12.4. The highest BCUT2D eigenvalue weighted by atomic mass is 16.4. The smallest absolute Gasteiger partial charge is 0.353 e. The second-order valence-electron chi connectivity index (χ2n) is 7.04. The van der Waals surface area contributed by atoms with Crippen molar-refractivity contribution < 1.29 is 9.90 Å². The number of hydrogen-bond acceptors (Lipinski definition) is 1. The SMILES string of the molecule is O=C(O)c1c(-c2ccccc2)c(-c2ccccc2)c2n1CCc1ccccc1-2. The quantitative estimate of drug-likeness (QED) is 0.503. The molecule has 136 valence electrons. The molecule has 3 nitrogen and oxygen atoms in total. The summed E-state index contributed by atoms with van der Waals surface area (Å²) in [5, 5.41) is 10.2. The summed E-state index contributed by atoms with van der Waals surface area (Å²) in [7, 11) is 0. The van der Waals surface area contributed by atoms with Gasteiger partial charge in [-0.15, -0.1) is 0 Å². The molecule has 2 heterocycles. The number of aromatic carboxylic acids is 1. The highest BCUT2D eigenvalue weighted by Crippen LogP contribution is 2.47. The number of carboxylic acids is 1. The van der Waals surface area contributed by atoms with Crippen LogP contribution in [0, 0.1) is 0 Å². The minimum Gasteiger partial charge on any atom is -0.477 e. The maximum absolute atomic E-state index is 12.4. The number of carbonyl (C=O) groups is 1. The van der Waals surface area contributed by atoms with Gasteiger partial charge >= 0.3 is 5.97 Å². The van der Waals surface area contributed by atoms with Gasteiger partial charge in [0.2, 0.25) is 0 Å². The zero-order valence-corrected chi connectivity index (χ0v) is 15.3. The number of nitrogens with zero attached hydrogens (tertiary/aromatic N) is 1. The van der Waals surface area contributed by atoms with E-state index in [1.165, 1.54) is 5.56 Å². The van der Waals surface area contributed by atoms with Crippen molar-refractivity contribution in [1.82, 2.24) is 4.57 Å². The zero-order chi connectivity index (χ0) is 19.1. The largest absolute Gasteiger partial charge is 0.477 e. The normalized spacial score (nSPS) is 12.3. The van der Waals surface area contributed by atoms with Crippen molar-refractivity contribution in [2.45, 2.75) is 13.0 Å². The molecule has 5 rings (SSSR count). The molecule has 1 aromatic heterocycles. The van der Waals surface area contributed by atoms with Gasteiger partial charge in [-0.25, -0.2) is 4.79 Å². The van der Waals surface area contributed by atoms with Crippen molar-refractivity contribution in [3.63, 3.8) is 0 Å². The Morgan fingerprint density at radius 2 is 1.32 bits per heavy atom. The number of benzene rings is 3. The first kappa shape index (κ1) is 16.6. The Hall–Kier alpha value is -3.59. The molecule has 3 aromatic carbocycles. The van der Waals surface area contributed by atoms with Gasteiger partial charge in [-0.1, -0.05) is 84.9 Å². The van der Waals surface area contributed by atoms with Crippen molar-refractivity contribution in [3.05, 3.63) is 96.2 Å². The lowest BCUT2D eigenvalue weighted by atomic mass is 9.90. The summed E-state index contributed by atoms with van der Waals surface area (Å²) in [6.45, 7) is 0.667. The number of hydrogen-bond donors (Lipinski definition) is 1. The predicted molar refractivity (Wildman–Crippen MR) is 111 cm³/mol. The molecule has 0 radical (unpaired) electrons. The molecule has 1 aliphatic heterocycles. The van der Waals surface area contributed by atoms with Crippen molar-refractivity contribution in [2.24, 2.45) is 0 Å². The minimum atomic E-state index is -0.887. The van der Waals surface area contributed by atoms with Crippen LogP contribution in [0.3, 0.4) is 0 Å². The van der Waals surface area contributed by atoms with Crippen LogP contribution in [0.15, 0.2) is 84.9 Å². The molecule has 0 amide bonds. The minimum absolute atomic E-state index is 0.370. The zero-order valence-electron chi connectivity index (χ0n) is 15.3. The van der Waals surface area contributed by atoms with Crippen molar-refractivity contribution in [3.8, 4) is 33.5 Å². The first-order chi connectivity index (χ1) is 13.8. The third-order valence-electron chi connectivity index (χ3n) is 5.47. The summed E-state index contributed by atoms with van der Waals surface area (Å²) in [4.78, 5) is 12.4. The van der Waals surface area contributed by atoms with E-state index in [0.717, 1.165) is 39.9 Å². The summed E-state index contributed by atoms with van der Waals surface area (Å²) in [5.41, 5.74) is 7.52. The van der Waals surface area contributed by atoms with Crippen LogP contribution in [0.2, 0.25) is 0 Å². The van der Waals surface area contributed by atoms with Crippen LogP contribution in [0.5, 0.6) is 0 Å². The first-order valence-electron chi connectivity index (χ1n) is 9.44. The Balaban J connectivity index is 1.95. The van der Waals surface area contributed by atoms with E-state index < -0.39 is 5.97 Å². The van der Waals surface area contributed by atoms with E-state index in [2.05, 4.69) is 30.3 Å². The number of aryl methyl sites for hydroxylation is 1. The van der Waals surface area contributed by atoms with Crippen LogP contribution in [0.25, 0.3) is 33.5 Å². The van der Waals surface area contributed by atoms with E-state index in [1.807, 2.05) is 59.2 Å². The van der Waals surface area contributed by atoms with Gasteiger partial charge in [0.15, 0.2) is 0 Å². The summed E-state index contributed by atoms with van der Waals surface area (Å²) >= 11 is 0. The maximum Gasteiger partial charge on any atom is 0.353 e. The molecule has 3 heteroatoms. The fraction of sp³-hybridized carbons (Fsp3) is 0.0800. The van der Waals surface area contributed by atoms with Crippen molar-refractivity contribution >= 4 is 5.97 Å². The van der Waals surface area contributed by atoms with Crippen molar-refractivity contribution in [2.75, 3.05) is 0 Å². The summed E-state index contributed by atoms with van der Waals surface area (Å²) in [5.74, 6) is -0.887. The highest BCUT2D eigenvalue weighted by Gasteiger charge is 2.31. The molecule has 0 bridgehead atoms. The molecular weight excluding hydrogens is 346 g/mol. The van der Waals surface area contributed by atoms with Crippen LogP contribution in [0.1, 0.15) is 16.1 Å². The van der Waals surface area contributed by atoms with E-state index in [1.54, 1.807) is 0 Å². The number of carboxylic acid groups (broad SMARTS) is 1. The Bertz CT molecular complexity index is 1170. The van der Waals surface area contributed by atoms with Gasteiger partial charge < -0.3 is 9.67 Å². The molecule has 0 fully saturated rings. The van der Waals surface area contributed by atoms with Gasteiger partial charge in [-0.3, -0.25) is 0 Å². The third kappa shape index (κ3) is 2.48. The molecule has 4 aromatic rings. The molecule has 0 unspecified atom stereocenters. The fourth-order valence-electron chi connectivity index (χ4n) is 4.32. The average Bonchev–Trinajstić information content (AvgIpc) is 3.11. The van der Waals surface area contributed by atoms with Crippen LogP contribution in [0.4, 0.5) is 0 Å². The number of fused-ring (bicyclic) bond motifs is 3. The van der Waals surface area contributed by atoms with E-state index in [0.29, 0.717) is 12.2 Å². The van der Waals surface area contributed by atoms with Gasteiger partial charge in [0.25, 0.3) is 0 Å². The second-order valence-corrected chi connectivity index (χ2v) is 7.04. The van der Waals surface area contributed by atoms with Crippen LogP contribution < -0.4 is 0 Å². The molecule has 1 N–H and O–H groups in total. The lowest BCUT2D eigenvalue weighted by molar-refractivity contribution is 0.0686. The van der Waals surface area contributed by atoms with E-state index in [-0.39, 0.29) is 0 Å². The monoisotopic (exact) mass is 365 g/mol. The van der Waals surface area contributed by atoms with Crippen molar-refractivity contribution in [1.29, 1.82) is 0 Å². The number of aromatic nitrogens is 1. The van der Waals surface area contributed by atoms with Crippen LogP contribution in [-0.4, -0.2) is 15.6 Å². The Morgan fingerprint density at radius 1 is 0.750 bits per heavy atom. The molecule has 0 saturated carbocycles. The standard InChI is InChI=1S/C25H19NO2/c27-25(28)24-22(19-12-5-2-6-13-19)21(18-10-3-1-4-11-18)23-20-14-8-7-9-17(20)15-16-26(23)24/h1-14H,15-16H2,(H,27,28).